The van der Waals surface area contributed by atoms with Crippen LogP contribution in [0.5, 0.6) is 0 Å². The molecule has 11 heavy (non-hydrogen) atoms. The van der Waals surface area contributed by atoms with Gasteiger partial charge < -0.3 is 10.0 Å². The molecule has 0 spiro atoms. The molecule has 2 nitrogen and oxygen atoms in total. The van der Waals surface area contributed by atoms with Crippen LogP contribution in [0.2, 0.25) is 0 Å². The Labute approximate surface area is 82.1 Å². The third kappa shape index (κ3) is 3.25. The van der Waals surface area contributed by atoms with Crippen molar-refractivity contribution in [2.24, 2.45) is 5.92 Å². The molecule has 0 bridgehead atoms. The first kappa shape index (κ1) is 9.74. The van der Waals surface area contributed by atoms with Crippen LogP contribution < -0.4 is 0 Å². The highest BCUT2D eigenvalue weighted by Gasteiger charge is 2.41. The van der Waals surface area contributed by atoms with Crippen LogP contribution in [0, 0.1) is 5.92 Å². The highest BCUT2D eigenvalue weighted by Crippen LogP contribution is 2.45. The van der Waals surface area contributed by atoms with Gasteiger partial charge in [0.2, 0.25) is 0 Å². The predicted octanol–water partition coefficient (Wildman–Crippen LogP) is 1.47. The van der Waals surface area contributed by atoms with Gasteiger partial charge in [0.1, 0.15) is 3.61 Å². The Balaban J connectivity index is 2.22. The summed E-state index contributed by atoms with van der Waals surface area (Å²) in [6, 6.07) is 0. The van der Waals surface area contributed by atoms with E-state index < -0.39 is 3.61 Å². The summed E-state index contributed by atoms with van der Waals surface area (Å²) in [6.45, 7) is 0.982. The second kappa shape index (κ2) is 3.58. The zero-order valence-corrected chi connectivity index (χ0v) is 9.34. The van der Waals surface area contributed by atoms with Crippen molar-refractivity contribution in [1.29, 1.82) is 0 Å². The third-order valence-corrected chi connectivity index (χ3v) is 3.53. The molecule has 0 aliphatic heterocycles. The first-order valence-corrected chi connectivity index (χ1v) is 5.16. The summed E-state index contributed by atoms with van der Waals surface area (Å²) >= 11 is 2.19. The lowest BCUT2D eigenvalue weighted by atomic mass is 10.1. The van der Waals surface area contributed by atoms with Gasteiger partial charge in [-0.2, -0.15) is 0 Å². The summed E-state index contributed by atoms with van der Waals surface area (Å²) < 4.78 is -0.429. The highest BCUT2D eigenvalue weighted by molar-refractivity contribution is 14.1. The van der Waals surface area contributed by atoms with Crippen LogP contribution >= 0.6 is 22.6 Å². The fourth-order valence-corrected chi connectivity index (χ4v) is 1.97. The topological polar surface area (TPSA) is 23.5 Å². The molecule has 1 unspecified atom stereocenters. The van der Waals surface area contributed by atoms with Crippen molar-refractivity contribution in [3.8, 4) is 0 Å². The van der Waals surface area contributed by atoms with Gasteiger partial charge in [-0.25, -0.2) is 0 Å². The average molecular weight is 269 g/mol. The van der Waals surface area contributed by atoms with Crippen LogP contribution in [0.4, 0.5) is 0 Å². The van der Waals surface area contributed by atoms with E-state index in [0.29, 0.717) is 5.92 Å². The molecule has 1 aliphatic carbocycles. The summed E-state index contributed by atoms with van der Waals surface area (Å²) in [5.41, 5.74) is 0. The zero-order chi connectivity index (χ0) is 8.48. The minimum absolute atomic E-state index is 0.429. The van der Waals surface area contributed by atoms with Gasteiger partial charge >= 0.3 is 0 Å². The quantitative estimate of drug-likeness (QED) is 0.617. The molecule has 3 heteroatoms. The van der Waals surface area contributed by atoms with Crippen molar-refractivity contribution in [2.45, 2.75) is 22.9 Å². The number of alkyl halides is 1. The maximum atomic E-state index is 9.86. The second-order valence-electron chi connectivity index (χ2n) is 3.65. The lowest BCUT2D eigenvalue weighted by molar-refractivity contribution is 0.113. The van der Waals surface area contributed by atoms with E-state index in [-0.39, 0.29) is 0 Å². The van der Waals surface area contributed by atoms with Crippen LogP contribution in [-0.2, 0) is 0 Å². The molecule has 0 heterocycles. The number of halogens is 1. The minimum atomic E-state index is -0.429. The largest absolute Gasteiger partial charge is 0.379 e. The van der Waals surface area contributed by atoms with E-state index in [1.165, 1.54) is 12.8 Å². The summed E-state index contributed by atoms with van der Waals surface area (Å²) in [5.74, 6) is 0.572. The maximum absolute atomic E-state index is 9.86. The van der Waals surface area contributed by atoms with Crippen molar-refractivity contribution in [3.63, 3.8) is 0 Å². The van der Waals surface area contributed by atoms with E-state index in [0.717, 1.165) is 13.0 Å². The molecule has 0 aromatic heterocycles. The normalized spacial score (nSPS) is 23.7. The van der Waals surface area contributed by atoms with Crippen LogP contribution in [0.3, 0.4) is 0 Å². The Morgan fingerprint density at radius 1 is 1.55 bits per heavy atom. The van der Waals surface area contributed by atoms with Crippen molar-refractivity contribution >= 4 is 22.6 Å². The molecule has 0 radical (unpaired) electrons. The van der Waals surface area contributed by atoms with E-state index >= 15 is 0 Å². The highest BCUT2D eigenvalue weighted by atomic mass is 127. The van der Waals surface area contributed by atoms with Crippen molar-refractivity contribution < 1.29 is 5.11 Å². The van der Waals surface area contributed by atoms with E-state index in [1.54, 1.807) is 0 Å². The van der Waals surface area contributed by atoms with Gasteiger partial charge in [0.25, 0.3) is 0 Å². The van der Waals surface area contributed by atoms with Gasteiger partial charge in [0.05, 0.1) is 0 Å². The molecular weight excluding hydrogens is 253 g/mol. The summed E-state index contributed by atoms with van der Waals surface area (Å²) in [7, 11) is 4.08. The van der Waals surface area contributed by atoms with Gasteiger partial charge in [0, 0.05) is 6.54 Å². The first-order valence-electron chi connectivity index (χ1n) is 4.08. The molecule has 0 amide bonds. The molecule has 66 valence electrons. The Bertz CT molecular complexity index is 132. The maximum Gasteiger partial charge on any atom is 0.119 e. The average Bonchev–Trinajstić information content (AvgIpc) is 2.64. The lowest BCUT2D eigenvalue weighted by Crippen LogP contribution is -2.28. The predicted molar refractivity (Wildman–Crippen MR) is 54.9 cm³/mol. The Kier molecular flexibility index (Phi) is 3.17. The minimum Gasteiger partial charge on any atom is -0.379 e. The molecule has 0 aromatic carbocycles. The summed E-state index contributed by atoms with van der Waals surface area (Å²) in [6.07, 6.45) is 3.32. The van der Waals surface area contributed by atoms with E-state index in [2.05, 4.69) is 27.5 Å². The molecule has 1 fully saturated rings. The monoisotopic (exact) mass is 269 g/mol. The number of hydrogen-bond acceptors (Lipinski definition) is 2. The number of hydrogen-bond donors (Lipinski definition) is 1. The summed E-state index contributed by atoms with van der Waals surface area (Å²) in [5, 5.41) is 9.86. The van der Waals surface area contributed by atoms with Crippen molar-refractivity contribution in [2.75, 3.05) is 20.6 Å². The molecule has 1 atom stereocenters. The van der Waals surface area contributed by atoms with Gasteiger partial charge in [0.15, 0.2) is 0 Å². The smallest absolute Gasteiger partial charge is 0.119 e. The molecule has 0 saturated heterocycles. The van der Waals surface area contributed by atoms with Crippen molar-refractivity contribution in [1.82, 2.24) is 4.90 Å². The number of nitrogens with zero attached hydrogens (tertiary/aromatic N) is 1. The second-order valence-corrected chi connectivity index (χ2v) is 5.51. The molecule has 1 rings (SSSR count). The lowest BCUT2D eigenvalue weighted by Gasteiger charge is -2.22. The SMILES string of the molecule is CN(C)CCC(O)(I)C1CC1. The third-order valence-electron chi connectivity index (χ3n) is 2.11. The van der Waals surface area contributed by atoms with Crippen LogP contribution in [-0.4, -0.2) is 34.3 Å². The zero-order valence-electron chi connectivity index (χ0n) is 7.18. The fourth-order valence-electron chi connectivity index (χ4n) is 1.11. The molecule has 1 aliphatic rings. The Morgan fingerprint density at radius 2 is 2.09 bits per heavy atom. The van der Waals surface area contributed by atoms with Gasteiger partial charge in [-0.3, -0.25) is 0 Å². The molecular formula is C8H16INO. The fraction of sp³-hybridized carbons (Fsp3) is 1.00. The standard InChI is InChI=1S/C8H16INO/c1-10(2)6-5-8(9,11)7-3-4-7/h7,11H,3-6H2,1-2H3. The number of rotatable bonds is 4. The van der Waals surface area contributed by atoms with Crippen LogP contribution in [0.25, 0.3) is 0 Å². The number of aliphatic hydroxyl groups is 1. The first-order chi connectivity index (χ1) is 5.02. The molecule has 1 N–H and O–H groups in total. The van der Waals surface area contributed by atoms with Gasteiger partial charge in [-0.15, -0.1) is 0 Å². The Hall–Kier alpha value is 0.650. The Morgan fingerprint density at radius 3 is 2.45 bits per heavy atom. The van der Waals surface area contributed by atoms with Crippen LogP contribution in [0.1, 0.15) is 19.3 Å². The van der Waals surface area contributed by atoms with E-state index in [1.807, 2.05) is 14.1 Å². The van der Waals surface area contributed by atoms with E-state index in [4.69, 9.17) is 0 Å². The molecule has 1 saturated carbocycles. The van der Waals surface area contributed by atoms with Gasteiger partial charge in [-0.1, -0.05) is 0 Å². The van der Waals surface area contributed by atoms with E-state index in [9.17, 15) is 5.11 Å². The summed E-state index contributed by atoms with van der Waals surface area (Å²) in [4.78, 5) is 2.12. The van der Waals surface area contributed by atoms with Gasteiger partial charge in [-0.05, 0) is 61.9 Å². The molecule has 0 aromatic rings. The van der Waals surface area contributed by atoms with Crippen LogP contribution in [0.15, 0.2) is 0 Å². The van der Waals surface area contributed by atoms with Crippen molar-refractivity contribution in [3.05, 3.63) is 0 Å².